The number of benzene rings is 1. The second-order valence-electron chi connectivity index (χ2n) is 3.37. The smallest absolute Gasteiger partial charge is 0.137 e. The summed E-state index contributed by atoms with van der Waals surface area (Å²) in [5.74, 6) is 1.70. The number of halogens is 1. The first-order valence-electron chi connectivity index (χ1n) is 4.37. The van der Waals surface area contributed by atoms with Gasteiger partial charge in [-0.05, 0) is 46.8 Å². The molecule has 2 nitrogen and oxygen atoms in total. The first kappa shape index (κ1) is 8.88. The Labute approximate surface area is 85.7 Å². The molecule has 2 rings (SSSR count). The summed E-state index contributed by atoms with van der Waals surface area (Å²) in [6.07, 6.45) is 2.55. The van der Waals surface area contributed by atoms with Crippen LogP contribution in [-0.4, -0.2) is 11.7 Å². The van der Waals surface area contributed by atoms with E-state index in [4.69, 9.17) is 4.74 Å². The van der Waals surface area contributed by atoms with Crippen molar-refractivity contribution >= 4 is 15.9 Å². The minimum atomic E-state index is 0.244. The third kappa shape index (κ3) is 2.37. The van der Waals surface area contributed by atoms with Gasteiger partial charge in [0.1, 0.15) is 11.5 Å². The lowest BCUT2D eigenvalue weighted by Crippen LogP contribution is -1.99. The zero-order valence-electron chi connectivity index (χ0n) is 7.16. The van der Waals surface area contributed by atoms with Crippen LogP contribution in [0.1, 0.15) is 12.8 Å². The molecule has 0 unspecified atom stereocenters. The lowest BCUT2D eigenvalue weighted by molar-refractivity contribution is 0.296. The Bertz CT molecular complexity index is 308. The van der Waals surface area contributed by atoms with Gasteiger partial charge in [-0.3, -0.25) is 0 Å². The minimum Gasteiger partial charge on any atom is -0.508 e. The molecule has 1 N–H and O–H groups in total. The van der Waals surface area contributed by atoms with Crippen molar-refractivity contribution in [3.8, 4) is 11.5 Å². The zero-order valence-corrected chi connectivity index (χ0v) is 8.75. The van der Waals surface area contributed by atoms with Crippen molar-refractivity contribution in [1.29, 1.82) is 0 Å². The molecular formula is C10H11BrO2. The Morgan fingerprint density at radius 1 is 1.46 bits per heavy atom. The van der Waals surface area contributed by atoms with Crippen molar-refractivity contribution in [2.75, 3.05) is 6.61 Å². The van der Waals surface area contributed by atoms with E-state index in [2.05, 4.69) is 15.9 Å². The number of rotatable bonds is 3. The van der Waals surface area contributed by atoms with E-state index in [0.29, 0.717) is 0 Å². The predicted octanol–water partition coefficient (Wildman–Crippen LogP) is 2.94. The summed E-state index contributed by atoms with van der Waals surface area (Å²) in [5.41, 5.74) is 0. The Kier molecular flexibility index (Phi) is 2.44. The van der Waals surface area contributed by atoms with Gasteiger partial charge in [0.2, 0.25) is 0 Å². The average molecular weight is 243 g/mol. The summed E-state index contributed by atoms with van der Waals surface area (Å²) >= 11 is 3.36. The van der Waals surface area contributed by atoms with Crippen LogP contribution in [0.25, 0.3) is 0 Å². The molecule has 0 amide bonds. The van der Waals surface area contributed by atoms with Gasteiger partial charge in [0.05, 0.1) is 11.1 Å². The topological polar surface area (TPSA) is 29.5 Å². The molecule has 1 aliphatic carbocycles. The summed E-state index contributed by atoms with van der Waals surface area (Å²) in [7, 11) is 0. The van der Waals surface area contributed by atoms with Gasteiger partial charge < -0.3 is 9.84 Å². The van der Waals surface area contributed by atoms with Gasteiger partial charge in [-0.15, -0.1) is 0 Å². The first-order valence-corrected chi connectivity index (χ1v) is 5.16. The van der Waals surface area contributed by atoms with Gasteiger partial charge in [-0.25, -0.2) is 0 Å². The molecule has 1 saturated carbocycles. The number of hydrogen-bond acceptors (Lipinski definition) is 2. The molecular weight excluding hydrogens is 232 g/mol. The predicted molar refractivity (Wildman–Crippen MR) is 54.0 cm³/mol. The molecule has 1 fully saturated rings. The summed E-state index contributed by atoms with van der Waals surface area (Å²) in [5, 5.41) is 9.22. The monoisotopic (exact) mass is 242 g/mol. The van der Waals surface area contributed by atoms with Crippen molar-refractivity contribution in [2.45, 2.75) is 12.8 Å². The van der Waals surface area contributed by atoms with E-state index in [-0.39, 0.29) is 5.75 Å². The third-order valence-corrected chi connectivity index (χ3v) is 2.74. The van der Waals surface area contributed by atoms with E-state index >= 15 is 0 Å². The number of phenols is 1. The van der Waals surface area contributed by atoms with Crippen molar-refractivity contribution in [3.63, 3.8) is 0 Å². The Hall–Kier alpha value is -0.700. The zero-order chi connectivity index (χ0) is 9.26. The maximum Gasteiger partial charge on any atom is 0.137 e. The summed E-state index contributed by atoms with van der Waals surface area (Å²) in [6.45, 7) is 0.766. The molecule has 1 aromatic rings. The van der Waals surface area contributed by atoms with Crippen molar-refractivity contribution in [1.82, 2.24) is 0 Å². The highest BCUT2D eigenvalue weighted by Gasteiger charge is 2.22. The Morgan fingerprint density at radius 2 is 2.23 bits per heavy atom. The van der Waals surface area contributed by atoms with Crippen molar-refractivity contribution in [3.05, 3.63) is 22.7 Å². The standard InChI is InChI=1S/C10H11BrO2/c11-9-4-3-8(12)5-10(9)13-6-7-1-2-7/h3-5,7,12H,1-2,6H2. The molecule has 1 aromatic carbocycles. The summed E-state index contributed by atoms with van der Waals surface area (Å²) < 4.78 is 6.43. The number of hydrogen-bond donors (Lipinski definition) is 1. The van der Waals surface area contributed by atoms with Gasteiger partial charge in [0.25, 0.3) is 0 Å². The second-order valence-corrected chi connectivity index (χ2v) is 4.22. The van der Waals surface area contributed by atoms with E-state index in [1.54, 1.807) is 18.2 Å². The van der Waals surface area contributed by atoms with Crippen LogP contribution in [0.2, 0.25) is 0 Å². The molecule has 1 aliphatic rings. The summed E-state index contributed by atoms with van der Waals surface area (Å²) in [4.78, 5) is 0. The Morgan fingerprint density at radius 3 is 2.92 bits per heavy atom. The maximum atomic E-state index is 9.22. The van der Waals surface area contributed by atoms with Gasteiger partial charge in [-0.1, -0.05) is 0 Å². The molecule has 0 aliphatic heterocycles. The lowest BCUT2D eigenvalue weighted by Gasteiger charge is -2.07. The first-order chi connectivity index (χ1) is 6.25. The van der Waals surface area contributed by atoms with E-state index in [1.807, 2.05) is 0 Å². The van der Waals surface area contributed by atoms with Gasteiger partial charge in [0, 0.05) is 6.07 Å². The third-order valence-electron chi connectivity index (χ3n) is 2.09. The van der Waals surface area contributed by atoms with Crippen LogP contribution in [0.15, 0.2) is 22.7 Å². The molecule has 0 radical (unpaired) electrons. The molecule has 0 heterocycles. The van der Waals surface area contributed by atoms with Gasteiger partial charge in [-0.2, -0.15) is 0 Å². The molecule has 0 bridgehead atoms. The fraction of sp³-hybridized carbons (Fsp3) is 0.400. The van der Waals surface area contributed by atoms with Crippen molar-refractivity contribution < 1.29 is 9.84 Å². The van der Waals surface area contributed by atoms with Gasteiger partial charge >= 0.3 is 0 Å². The normalized spacial score (nSPS) is 15.8. The van der Waals surface area contributed by atoms with E-state index in [1.165, 1.54) is 12.8 Å². The van der Waals surface area contributed by atoms with Crippen LogP contribution >= 0.6 is 15.9 Å². The number of aromatic hydroxyl groups is 1. The largest absolute Gasteiger partial charge is 0.508 e. The molecule has 0 aromatic heterocycles. The molecule has 13 heavy (non-hydrogen) atoms. The van der Waals surface area contributed by atoms with Crippen LogP contribution in [-0.2, 0) is 0 Å². The quantitative estimate of drug-likeness (QED) is 0.884. The molecule has 3 heteroatoms. The highest BCUT2D eigenvalue weighted by molar-refractivity contribution is 9.10. The second kappa shape index (κ2) is 3.58. The summed E-state index contributed by atoms with van der Waals surface area (Å²) in [6, 6.07) is 5.05. The average Bonchev–Trinajstić information content (AvgIpc) is 2.90. The van der Waals surface area contributed by atoms with Crippen LogP contribution in [0.4, 0.5) is 0 Å². The minimum absolute atomic E-state index is 0.244. The van der Waals surface area contributed by atoms with Crippen LogP contribution in [0.3, 0.4) is 0 Å². The maximum absolute atomic E-state index is 9.22. The molecule has 0 saturated heterocycles. The van der Waals surface area contributed by atoms with Crippen LogP contribution in [0.5, 0.6) is 11.5 Å². The molecule has 70 valence electrons. The van der Waals surface area contributed by atoms with E-state index in [0.717, 1.165) is 22.7 Å². The fourth-order valence-corrected chi connectivity index (χ4v) is 1.46. The number of ether oxygens (including phenoxy) is 1. The van der Waals surface area contributed by atoms with E-state index < -0.39 is 0 Å². The lowest BCUT2D eigenvalue weighted by atomic mass is 10.3. The highest BCUT2D eigenvalue weighted by atomic mass is 79.9. The van der Waals surface area contributed by atoms with Crippen molar-refractivity contribution in [2.24, 2.45) is 5.92 Å². The van der Waals surface area contributed by atoms with Gasteiger partial charge in [0.15, 0.2) is 0 Å². The highest BCUT2D eigenvalue weighted by Crippen LogP contribution is 2.33. The number of phenolic OH excluding ortho intramolecular Hbond substituents is 1. The van der Waals surface area contributed by atoms with Crippen LogP contribution < -0.4 is 4.74 Å². The fourth-order valence-electron chi connectivity index (χ4n) is 1.09. The Balaban J connectivity index is 2.03. The SMILES string of the molecule is Oc1ccc(Br)c(OCC2CC2)c1. The molecule has 0 atom stereocenters. The van der Waals surface area contributed by atoms with E-state index in [9.17, 15) is 5.11 Å². The molecule has 0 spiro atoms. The van der Waals surface area contributed by atoms with Crippen LogP contribution in [0, 0.1) is 5.92 Å².